The average molecular weight is 333 g/mol. The summed E-state index contributed by atoms with van der Waals surface area (Å²) in [4.78, 5) is 0. The van der Waals surface area contributed by atoms with Crippen LogP contribution in [0.25, 0.3) is 5.69 Å². The van der Waals surface area contributed by atoms with Crippen LogP contribution in [0.3, 0.4) is 0 Å². The van der Waals surface area contributed by atoms with E-state index in [1.54, 1.807) is 0 Å². The van der Waals surface area contributed by atoms with Gasteiger partial charge in [-0.25, -0.2) is 0 Å². The number of benzene rings is 1. The van der Waals surface area contributed by atoms with Gasteiger partial charge in [-0.3, -0.25) is 0 Å². The predicted octanol–water partition coefficient (Wildman–Crippen LogP) is 4.52. The Morgan fingerprint density at radius 1 is 1.30 bits per heavy atom. The third-order valence-corrected chi connectivity index (χ3v) is 4.88. The molecule has 2 aromatic rings. The summed E-state index contributed by atoms with van der Waals surface area (Å²) < 4.78 is 3.42. The molecule has 0 amide bonds. The fourth-order valence-corrected chi connectivity index (χ4v) is 3.71. The molecule has 1 heterocycles. The van der Waals surface area contributed by atoms with Crippen molar-refractivity contribution in [3.05, 3.63) is 51.8 Å². The number of hydrogen-bond donors (Lipinski definition) is 1. The molecular formula is C17H21BrN2. The third kappa shape index (κ3) is 2.33. The molecule has 106 valence electrons. The van der Waals surface area contributed by atoms with E-state index in [4.69, 9.17) is 5.73 Å². The smallest absolute Gasteiger partial charge is 0.0597 e. The molecule has 3 heteroatoms. The maximum Gasteiger partial charge on any atom is 0.0597 e. The van der Waals surface area contributed by atoms with E-state index >= 15 is 0 Å². The van der Waals surface area contributed by atoms with E-state index in [0.29, 0.717) is 0 Å². The van der Waals surface area contributed by atoms with E-state index < -0.39 is 0 Å². The minimum Gasteiger partial charge on any atom is -0.324 e. The first-order valence-corrected chi connectivity index (χ1v) is 7.89. The summed E-state index contributed by atoms with van der Waals surface area (Å²) in [6.45, 7) is 6.73. The molecule has 0 bridgehead atoms. The van der Waals surface area contributed by atoms with Crippen LogP contribution in [0.1, 0.15) is 43.1 Å². The van der Waals surface area contributed by atoms with Gasteiger partial charge in [0.25, 0.3) is 0 Å². The quantitative estimate of drug-likeness (QED) is 0.817. The number of hydrogen-bond acceptors (Lipinski definition) is 1. The van der Waals surface area contributed by atoms with Crippen LogP contribution in [0.15, 0.2) is 34.9 Å². The lowest BCUT2D eigenvalue weighted by atomic mass is 9.74. The van der Waals surface area contributed by atoms with Crippen LogP contribution in [0.2, 0.25) is 0 Å². The summed E-state index contributed by atoms with van der Waals surface area (Å²) in [5, 5.41) is 0. The number of rotatable bonds is 1. The largest absolute Gasteiger partial charge is 0.324 e. The number of fused-ring (bicyclic) bond motifs is 1. The summed E-state index contributed by atoms with van der Waals surface area (Å²) >= 11 is 3.67. The fraction of sp³-hybridized carbons (Fsp3) is 0.412. The number of nitrogens with two attached hydrogens (primary N) is 1. The molecule has 1 aromatic carbocycles. The van der Waals surface area contributed by atoms with E-state index in [2.05, 4.69) is 71.7 Å². The predicted molar refractivity (Wildman–Crippen MR) is 87.2 cm³/mol. The number of nitrogens with zero attached hydrogens (tertiary/aromatic N) is 1. The molecule has 3 rings (SSSR count). The Hall–Kier alpha value is -1.06. The zero-order valence-corrected chi connectivity index (χ0v) is 13.9. The summed E-state index contributed by atoms with van der Waals surface area (Å²) in [5.41, 5.74) is 11.8. The van der Waals surface area contributed by atoms with Gasteiger partial charge < -0.3 is 10.3 Å². The first-order chi connectivity index (χ1) is 9.37. The van der Waals surface area contributed by atoms with E-state index in [9.17, 15) is 0 Å². The molecule has 0 spiro atoms. The standard InChI is InChI=1S/C17H21BrN2/c1-11-4-5-13(18)15(8-11)20-7-6-12-14(19)9-17(2,3)10-16(12)20/h4-8,14H,9-10,19H2,1-3H3. The van der Waals surface area contributed by atoms with Crippen molar-refractivity contribution >= 4 is 15.9 Å². The molecule has 1 aromatic heterocycles. The maximum absolute atomic E-state index is 6.36. The molecule has 0 fully saturated rings. The molecule has 20 heavy (non-hydrogen) atoms. The molecule has 1 atom stereocenters. The summed E-state index contributed by atoms with van der Waals surface area (Å²) in [7, 11) is 0. The van der Waals surface area contributed by atoms with Gasteiger partial charge in [0.2, 0.25) is 0 Å². The molecule has 0 saturated heterocycles. The van der Waals surface area contributed by atoms with Crippen LogP contribution in [0.5, 0.6) is 0 Å². The second-order valence-electron chi connectivity index (χ2n) is 6.69. The van der Waals surface area contributed by atoms with Gasteiger partial charge in [0.15, 0.2) is 0 Å². The van der Waals surface area contributed by atoms with Gasteiger partial charge in [-0.2, -0.15) is 0 Å². The fourth-order valence-electron chi connectivity index (χ4n) is 3.27. The van der Waals surface area contributed by atoms with Crippen LogP contribution in [0.4, 0.5) is 0 Å². The van der Waals surface area contributed by atoms with E-state index in [-0.39, 0.29) is 11.5 Å². The van der Waals surface area contributed by atoms with Crippen LogP contribution < -0.4 is 5.73 Å². The first-order valence-electron chi connectivity index (χ1n) is 7.10. The third-order valence-electron chi connectivity index (χ3n) is 4.21. The Balaban J connectivity index is 2.16. The Morgan fingerprint density at radius 3 is 2.80 bits per heavy atom. The summed E-state index contributed by atoms with van der Waals surface area (Å²) in [5.74, 6) is 0. The highest BCUT2D eigenvalue weighted by molar-refractivity contribution is 9.10. The molecule has 0 radical (unpaired) electrons. The van der Waals surface area contributed by atoms with Gasteiger partial charge in [0, 0.05) is 22.4 Å². The lowest BCUT2D eigenvalue weighted by Crippen LogP contribution is -2.30. The zero-order chi connectivity index (χ0) is 14.5. The minimum absolute atomic E-state index is 0.151. The van der Waals surface area contributed by atoms with Crippen molar-refractivity contribution in [2.75, 3.05) is 0 Å². The normalized spacial score (nSPS) is 20.8. The molecule has 2 N–H and O–H groups in total. The topological polar surface area (TPSA) is 30.9 Å². The molecule has 2 nitrogen and oxygen atoms in total. The lowest BCUT2D eigenvalue weighted by molar-refractivity contribution is 0.278. The van der Waals surface area contributed by atoms with E-state index in [1.165, 1.54) is 22.5 Å². The Morgan fingerprint density at radius 2 is 2.05 bits per heavy atom. The molecule has 0 saturated carbocycles. The Bertz CT molecular complexity index is 655. The molecule has 1 aliphatic carbocycles. The highest BCUT2D eigenvalue weighted by Gasteiger charge is 2.32. The van der Waals surface area contributed by atoms with Gasteiger partial charge in [-0.05, 0) is 70.4 Å². The molecular weight excluding hydrogens is 312 g/mol. The van der Waals surface area contributed by atoms with Gasteiger partial charge >= 0.3 is 0 Å². The van der Waals surface area contributed by atoms with Gasteiger partial charge in [0.1, 0.15) is 0 Å². The van der Waals surface area contributed by atoms with Crippen molar-refractivity contribution < 1.29 is 0 Å². The van der Waals surface area contributed by atoms with Crippen molar-refractivity contribution in [3.8, 4) is 5.69 Å². The Kier molecular flexibility index (Phi) is 3.30. The van der Waals surface area contributed by atoms with Crippen LogP contribution in [0, 0.1) is 12.3 Å². The zero-order valence-electron chi connectivity index (χ0n) is 12.3. The second kappa shape index (κ2) is 4.74. The monoisotopic (exact) mass is 332 g/mol. The molecule has 1 unspecified atom stereocenters. The molecule has 0 aliphatic heterocycles. The minimum atomic E-state index is 0.151. The van der Waals surface area contributed by atoms with Crippen molar-refractivity contribution in [1.82, 2.24) is 4.57 Å². The summed E-state index contributed by atoms with van der Waals surface area (Å²) in [6.07, 6.45) is 4.29. The van der Waals surface area contributed by atoms with Crippen molar-refractivity contribution in [1.29, 1.82) is 0 Å². The highest BCUT2D eigenvalue weighted by atomic mass is 79.9. The van der Waals surface area contributed by atoms with E-state index in [1.807, 2.05) is 0 Å². The first kappa shape index (κ1) is 13.9. The van der Waals surface area contributed by atoms with Crippen molar-refractivity contribution in [3.63, 3.8) is 0 Å². The van der Waals surface area contributed by atoms with Crippen LogP contribution in [-0.2, 0) is 6.42 Å². The van der Waals surface area contributed by atoms with Crippen LogP contribution >= 0.6 is 15.9 Å². The SMILES string of the molecule is Cc1ccc(Br)c(-n2ccc3c2CC(C)(C)CC3N)c1. The molecule has 1 aliphatic rings. The van der Waals surface area contributed by atoms with Crippen LogP contribution in [-0.4, -0.2) is 4.57 Å². The van der Waals surface area contributed by atoms with Crippen molar-refractivity contribution in [2.45, 2.75) is 39.7 Å². The second-order valence-corrected chi connectivity index (χ2v) is 7.55. The van der Waals surface area contributed by atoms with Gasteiger partial charge in [-0.15, -0.1) is 0 Å². The van der Waals surface area contributed by atoms with Gasteiger partial charge in [-0.1, -0.05) is 19.9 Å². The maximum atomic E-state index is 6.36. The average Bonchev–Trinajstić information content (AvgIpc) is 2.74. The number of aromatic nitrogens is 1. The Labute approximate surface area is 129 Å². The summed E-state index contributed by atoms with van der Waals surface area (Å²) in [6, 6.07) is 8.80. The number of halogens is 1. The number of aryl methyl sites for hydroxylation is 1. The lowest BCUT2D eigenvalue weighted by Gasteiger charge is -2.34. The van der Waals surface area contributed by atoms with Crippen molar-refractivity contribution in [2.24, 2.45) is 11.1 Å². The van der Waals surface area contributed by atoms with E-state index in [0.717, 1.165) is 17.3 Å². The van der Waals surface area contributed by atoms with Gasteiger partial charge in [0.05, 0.1) is 5.69 Å². The highest BCUT2D eigenvalue weighted by Crippen LogP contribution is 2.41.